The summed E-state index contributed by atoms with van der Waals surface area (Å²) in [5.41, 5.74) is 16.0. The summed E-state index contributed by atoms with van der Waals surface area (Å²) in [5, 5.41) is 67.9. The number of unbranched alkanes of at least 4 members (excludes halogenated alkanes) is 13. The monoisotopic (exact) mass is 1240 g/mol. The van der Waals surface area contributed by atoms with E-state index in [-0.39, 0.29) is 32.2 Å². The third-order valence-corrected chi connectivity index (χ3v) is 13.5. The lowest BCUT2D eigenvalue weighted by Crippen LogP contribution is -2.61. The molecule has 0 unspecified atom stereocenters. The highest BCUT2D eigenvalue weighted by Gasteiger charge is 2.36. The lowest BCUT2D eigenvalue weighted by molar-refractivity contribution is -0.144. The highest BCUT2D eigenvalue weighted by Crippen LogP contribution is 2.14. The molecule has 0 aliphatic rings. The molecule has 0 aromatic carbocycles. The number of carboxylic acids is 4. The summed E-state index contributed by atoms with van der Waals surface area (Å²) in [7, 11) is 0. The van der Waals surface area contributed by atoms with Crippen LogP contribution in [-0.4, -0.2) is 182 Å². The van der Waals surface area contributed by atoms with E-state index in [1.54, 1.807) is 13.8 Å². The fraction of sp³-hybridized carbons (Fsp3) is 0.727. The highest BCUT2D eigenvalue weighted by atomic mass is 16.4. The van der Waals surface area contributed by atoms with Crippen LogP contribution in [0.1, 0.15) is 181 Å². The number of rotatable bonds is 51. The van der Waals surface area contributed by atoms with Crippen molar-refractivity contribution in [2.45, 2.75) is 230 Å². The Morgan fingerprint density at radius 1 is 0.379 bits per heavy atom. The van der Waals surface area contributed by atoms with Crippen molar-refractivity contribution in [2.24, 2.45) is 23.1 Å². The summed E-state index contributed by atoms with van der Waals surface area (Å²) in [5.74, 6) is -18.9. The summed E-state index contributed by atoms with van der Waals surface area (Å²) in [4.78, 5) is 191. The first-order valence-corrected chi connectivity index (χ1v) is 29.5. The van der Waals surface area contributed by atoms with Crippen molar-refractivity contribution in [2.75, 3.05) is 19.7 Å². The third-order valence-electron chi connectivity index (χ3n) is 13.5. The van der Waals surface area contributed by atoms with E-state index in [1.807, 2.05) is 16.0 Å². The molecule has 32 nitrogen and oxygen atoms in total. The van der Waals surface area contributed by atoms with Gasteiger partial charge >= 0.3 is 23.9 Å². The van der Waals surface area contributed by atoms with Crippen LogP contribution in [0.3, 0.4) is 0 Å². The molecule has 494 valence electrons. The first-order valence-electron chi connectivity index (χ1n) is 29.5. The van der Waals surface area contributed by atoms with Gasteiger partial charge < -0.3 is 90.6 Å². The maximum Gasteiger partial charge on any atom is 0.326 e. The molecule has 0 rings (SSSR count). The first-order chi connectivity index (χ1) is 41.1. The van der Waals surface area contributed by atoms with Crippen LogP contribution in [0.2, 0.25) is 0 Å². The van der Waals surface area contributed by atoms with Crippen LogP contribution in [0.25, 0.3) is 0 Å². The van der Waals surface area contributed by atoms with Crippen LogP contribution in [0.15, 0.2) is 0 Å². The lowest BCUT2D eigenvalue weighted by atomic mass is 10.0. The molecule has 20 N–H and O–H groups in total. The van der Waals surface area contributed by atoms with E-state index in [1.165, 1.54) is 51.4 Å². The largest absolute Gasteiger partial charge is 0.481 e. The smallest absolute Gasteiger partial charge is 0.326 e. The molecule has 0 aliphatic heterocycles. The molecule has 0 radical (unpaired) electrons. The van der Waals surface area contributed by atoms with Gasteiger partial charge in [-0.1, -0.05) is 97.8 Å². The molecule has 8 atom stereocenters. The summed E-state index contributed by atoms with van der Waals surface area (Å²) >= 11 is 0. The maximum absolute atomic E-state index is 13.7. The maximum atomic E-state index is 13.7. The Kier molecular flexibility index (Phi) is 41.1. The fourth-order valence-electron chi connectivity index (χ4n) is 8.61. The second-order valence-corrected chi connectivity index (χ2v) is 21.4. The van der Waals surface area contributed by atoms with E-state index in [2.05, 4.69) is 38.8 Å². The summed E-state index contributed by atoms with van der Waals surface area (Å²) in [6.07, 6.45) is 9.04. The SMILES string of the molecule is CCCCCCCCCCCCCCCC(=O)N[C@H](C(=O)N[C@@H](CCC(N)=O)C(=O)NCC(=O)N[C@@H](CCC(=O)O)C(=O)N[C@@H](CCC(=O)O)C(=O)N[C@@H](CO)C(=O)N[C@@H](CC(N)=O)C(=O)N[C@@H](CC(=O)O)C(=O)N[C@@H](CCCCN)C(=O)O)C(C)C. The van der Waals surface area contributed by atoms with Gasteiger partial charge in [0.15, 0.2) is 0 Å². The molecular weight excluding hydrogens is 1150 g/mol. The molecule has 87 heavy (non-hydrogen) atoms. The molecule has 0 saturated heterocycles. The Morgan fingerprint density at radius 2 is 0.793 bits per heavy atom. The molecule has 0 aliphatic carbocycles. The van der Waals surface area contributed by atoms with Gasteiger partial charge in [-0.25, -0.2) is 4.79 Å². The number of carboxylic acid groups (broad SMARTS) is 4. The van der Waals surface area contributed by atoms with E-state index in [9.17, 15) is 97.5 Å². The van der Waals surface area contributed by atoms with Crippen LogP contribution < -0.4 is 65.1 Å². The molecule has 0 fully saturated rings. The van der Waals surface area contributed by atoms with Crippen molar-refractivity contribution in [1.29, 1.82) is 0 Å². The number of aliphatic carboxylic acids is 4. The summed E-state index contributed by atoms with van der Waals surface area (Å²) in [6, 6.07) is -14.1. The van der Waals surface area contributed by atoms with Gasteiger partial charge in [-0.05, 0) is 57.4 Å². The van der Waals surface area contributed by atoms with Gasteiger partial charge in [-0.15, -0.1) is 0 Å². The number of hydrogen-bond acceptors (Lipinski definition) is 17. The van der Waals surface area contributed by atoms with Gasteiger partial charge in [-0.2, -0.15) is 0 Å². The minimum absolute atomic E-state index is 0.137. The van der Waals surface area contributed by atoms with Gasteiger partial charge in [0.25, 0.3) is 0 Å². The number of aliphatic hydroxyl groups excluding tert-OH is 1. The Labute approximate surface area is 505 Å². The molecule has 11 amide bonds. The minimum atomic E-state index is -2.09. The minimum Gasteiger partial charge on any atom is -0.481 e. The predicted molar refractivity (Wildman–Crippen MR) is 309 cm³/mol. The number of carbonyl (C=O) groups is 15. The molecule has 32 heteroatoms. The first kappa shape index (κ1) is 79.0. The Morgan fingerprint density at radius 3 is 1.24 bits per heavy atom. The Hall–Kier alpha value is -8.03. The molecule has 0 heterocycles. The molecular formula is C55H94N12O20. The zero-order valence-electron chi connectivity index (χ0n) is 50.1. The van der Waals surface area contributed by atoms with Gasteiger partial charge in [0, 0.05) is 25.7 Å². The number of nitrogens with one attached hydrogen (secondary N) is 9. The number of amides is 11. The third kappa shape index (κ3) is 37.2. The topological polar surface area (TPSA) is 544 Å². The van der Waals surface area contributed by atoms with Crippen molar-refractivity contribution >= 4 is 88.9 Å². The van der Waals surface area contributed by atoms with Gasteiger partial charge in [0.1, 0.15) is 48.3 Å². The average molecular weight is 1240 g/mol. The van der Waals surface area contributed by atoms with E-state index in [0.717, 1.165) is 25.7 Å². The standard InChI is InChI=1S/C55H94N12O20/c1-4-5-6-7-8-9-10-11-12-13-14-15-16-20-42(71)67-47(32(2)3)54(85)62-33(21-24-40(57)69)48(79)59-30-43(72)60-34(22-25-44(73)74)49(80)61-35(23-26-45(75)76)50(81)66-39(31-68)53(84)64-37(28-41(58)70)51(82)65-38(29-46(77)78)52(83)63-36(55(86)87)19-17-18-27-56/h32-39,47,68H,4-31,56H2,1-3H3,(H2,57,69)(H2,58,70)(H,59,79)(H,60,72)(H,61,80)(H,62,85)(H,63,83)(H,64,84)(H,65,82)(H,66,81)(H,67,71)(H,73,74)(H,75,76)(H,77,78)(H,86,87)/t33-,34-,35-,36-,37-,38-,39-,47-/m0/s1. The van der Waals surface area contributed by atoms with E-state index >= 15 is 0 Å². The van der Waals surface area contributed by atoms with Crippen LogP contribution in [0.5, 0.6) is 0 Å². The van der Waals surface area contributed by atoms with Gasteiger partial charge in [-0.3, -0.25) is 67.1 Å². The normalized spacial score (nSPS) is 13.7. The van der Waals surface area contributed by atoms with E-state index in [4.69, 9.17) is 17.2 Å². The van der Waals surface area contributed by atoms with Crippen molar-refractivity contribution in [3.63, 3.8) is 0 Å². The molecule has 0 saturated carbocycles. The number of nitrogens with two attached hydrogens (primary N) is 3. The molecule has 0 aromatic rings. The average Bonchev–Trinajstić information content (AvgIpc) is 3.66. The van der Waals surface area contributed by atoms with Crippen molar-refractivity contribution < 1.29 is 97.5 Å². The Balaban J connectivity index is 6.12. The highest BCUT2D eigenvalue weighted by molar-refractivity contribution is 5.99. The Bertz CT molecular complexity index is 2290. The number of primary amides is 2. The van der Waals surface area contributed by atoms with Crippen LogP contribution in [0.4, 0.5) is 0 Å². The number of aliphatic hydroxyl groups is 1. The zero-order chi connectivity index (χ0) is 66.0. The van der Waals surface area contributed by atoms with Crippen molar-refractivity contribution in [1.82, 2.24) is 47.9 Å². The zero-order valence-corrected chi connectivity index (χ0v) is 50.1. The number of hydrogen-bond donors (Lipinski definition) is 17. The summed E-state index contributed by atoms with van der Waals surface area (Å²) < 4.78 is 0. The predicted octanol–water partition coefficient (Wildman–Crippen LogP) is -2.33. The van der Waals surface area contributed by atoms with Crippen LogP contribution in [0, 0.1) is 5.92 Å². The molecule has 0 spiro atoms. The fourth-order valence-corrected chi connectivity index (χ4v) is 8.61. The second-order valence-electron chi connectivity index (χ2n) is 21.4. The van der Waals surface area contributed by atoms with E-state index in [0.29, 0.717) is 12.8 Å². The lowest BCUT2D eigenvalue weighted by Gasteiger charge is -2.26. The van der Waals surface area contributed by atoms with Crippen LogP contribution >= 0.6 is 0 Å². The molecule has 0 bridgehead atoms. The second kappa shape index (κ2) is 45.3. The van der Waals surface area contributed by atoms with Crippen LogP contribution in [-0.2, 0) is 71.9 Å². The van der Waals surface area contributed by atoms with Gasteiger partial charge in [0.05, 0.1) is 26.0 Å². The van der Waals surface area contributed by atoms with E-state index < -0.39 is 201 Å². The summed E-state index contributed by atoms with van der Waals surface area (Å²) in [6.45, 7) is 3.46. The quantitative estimate of drug-likeness (QED) is 0.0284. The van der Waals surface area contributed by atoms with Crippen molar-refractivity contribution in [3.8, 4) is 0 Å². The number of carbonyl (C=O) groups excluding carboxylic acids is 11. The van der Waals surface area contributed by atoms with Gasteiger partial charge in [0.2, 0.25) is 65.0 Å². The van der Waals surface area contributed by atoms with Crippen molar-refractivity contribution in [3.05, 3.63) is 0 Å². The molecule has 0 aromatic heterocycles.